The summed E-state index contributed by atoms with van der Waals surface area (Å²) in [6.07, 6.45) is 0.220. The first kappa shape index (κ1) is 14.5. The van der Waals surface area contributed by atoms with Gasteiger partial charge in [0, 0.05) is 30.2 Å². The molecule has 1 N–H and O–H groups in total. The highest BCUT2D eigenvalue weighted by Crippen LogP contribution is 2.30. The van der Waals surface area contributed by atoms with Crippen LogP contribution in [0.5, 0.6) is 0 Å². The number of hydrogen-bond acceptors (Lipinski definition) is 3. The summed E-state index contributed by atoms with van der Waals surface area (Å²) in [6.45, 7) is 12.6. The van der Waals surface area contributed by atoms with E-state index in [1.807, 2.05) is 0 Å². The monoisotopic (exact) mass is 242 g/mol. The smallest absolute Gasteiger partial charge is 0.304 e. The molecule has 0 spiro atoms. The van der Waals surface area contributed by atoms with E-state index in [1.165, 1.54) is 0 Å². The summed E-state index contributed by atoms with van der Waals surface area (Å²) in [4.78, 5) is 15.6. The van der Waals surface area contributed by atoms with Gasteiger partial charge in [0.25, 0.3) is 0 Å². The summed E-state index contributed by atoms with van der Waals surface area (Å²) in [5.41, 5.74) is 0.112. The minimum absolute atomic E-state index is 0.0125. The fraction of sp³-hybridized carbons (Fsp3) is 0.923. The molecule has 0 aromatic heterocycles. The maximum Gasteiger partial charge on any atom is 0.304 e. The first-order chi connectivity index (χ1) is 7.54. The second-order valence-corrected chi connectivity index (χ2v) is 6.74. The van der Waals surface area contributed by atoms with Crippen LogP contribution in [0.3, 0.4) is 0 Å². The average molecular weight is 242 g/mol. The Bertz CT molecular complexity index is 294. The molecule has 0 amide bonds. The quantitative estimate of drug-likeness (QED) is 0.799. The number of likely N-dealkylation sites (N-methyl/N-ethyl adjacent to an activating group) is 1. The van der Waals surface area contributed by atoms with Crippen LogP contribution in [0, 0.1) is 0 Å². The standard InChI is InChI=1S/C13H26N2O2/c1-12(2,3)15-9-13(4,5)14(6)8-10(15)7-11(16)17/h10H,7-9H2,1-6H3,(H,16,17). The number of nitrogens with zero attached hydrogens (tertiary/aromatic N) is 2. The zero-order valence-corrected chi connectivity index (χ0v) is 11.9. The molecule has 1 fully saturated rings. The molecule has 0 aromatic rings. The molecule has 1 unspecified atom stereocenters. The van der Waals surface area contributed by atoms with Crippen molar-refractivity contribution < 1.29 is 9.90 Å². The van der Waals surface area contributed by atoms with Gasteiger partial charge in [-0.1, -0.05) is 0 Å². The van der Waals surface area contributed by atoms with Crippen LogP contribution in [0.4, 0.5) is 0 Å². The number of aliphatic carboxylic acids is 1. The molecule has 0 aliphatic carbocycles. The molecule has 1 aliphatic heterocycles. The molecule has 0 radical (unpaired) electrons. The predicted octanol–water partition coefficient (Wildman–Crippen LogP) is 1.65. The molecule has 100 valence electrons. The molecular weight excluding hydrogens is 216 g/mol. The minimum atomic E-state index is -0.711. The van der Waals surface area contributed by atoms with Crippen molar-refractivity contribution in [3.05, 3.63) is 0 Å². The van der Waals surface area contributed by atoms with E-state index in [9.17, 15) is 4.79 Å². The van der Waals surface area contributed by atoms with E-state index in [2.05, 4.69) is 51.5 Å². The summed E-state index contributed by atoms with van der Waals surface area (Å²) < 4.78 is 0. The van der Waals surface area contributed by atoms with Gasteiger partial charge in [0.1, 0.15) is 0 Å². The van der Waals surface area contributed by atoms with Crippen molar-refractivity contribution in [1.82, 2.24) is 9.80 Å². The van der Waals surface area contributed by atoms with Crippen molar-refractivity contribution in [2.75, 3.05) is 20.1 Å². The Morgan fingerprint density at radius 3 is 2.35 bits per heavy atom. The van der Waals surface area contributed by atoms with Crippen LogP contribution >= 0.6 is 0 Å². The van der Waals surface area contributed by atoms with Gasteiger partial charge < -0.3 is 5.11 Å². The van der Waals surface area contributed by atoms with E-state index in [1.54, 1.807) is 0 Å². The van der Waals surface area contributed by atoms with Crippen molar-refractivity contribution in [3.63, 3.8) is 0 Å². The van der Waals surface area contributed by atoms with E-state index < -0.39 is 5.97 Å². The number of carboxylic acid groups (broad SMARTS) is 1. The van der Waals surface area contributed by atoms with Crippen molar-refractivity contribution in [3.8, 4) is 0 Å². The van der Waals surface area contributed by atoms with Crippen LogP contribution in [0.25, 0.3) is 0 Å². The maximum atomic E-state index is 11.0. The lowest BCUT2D eigenvalue weighted by Gasteiger charge is -2.54. The van der Waals surface area contributed by atoms with E-state index in [-0.39, 0.29) is 23.5 Å². The molecule has 1 heterocycles. The van der Waals surface area contributed by atoms with Gasteiger partial charge in [0.15, 0.2) is 0 Å². The summed E-state index contributed by atoms with van der Waals surface area (Å²) in [5.74, 6) is -0.711. The molecule has 1 saturated heterocycles. The highest BCUT2D eigenvalue weighted by Gasteiger charge is 2.41. The molecular formula is C13H26N2O2. The lowest BCUT2D eigenvalue weighted by molar-refractivity contribution is -0.141. The molecule has 0 bridgehead atoms. The van der Waals surface area contributed by atoms with E-state index in [0.29, 0.717) is 0 Å². The van der Waals surface area contributed by atoms with Crippen LogP contribution in [0.2, 0.25) is 0 Å². The first-order valence-corrected chi connectivity index (χ1v) is 6.24. The third kappa shape index (κ3) is 3.42. The number of piperazine rings is 1. The topological polar surface area (TPSA) is 43.8 Å². The minimum Gasteiger partial charge on any atom is -0.481 e. The van der Waals surface area contributed by atoms with Crippen molar-refractivity contribution in [1.29, 1.82) is 0 Å². The van der Waals surface area contributed by atoms with Gasteiger partial charge in [-0.2, -0.15) is 0 Å². The van der Waals surface area contributed by atoms with Gasteiger partial charge in [0.2, 0.25) is 0 Å². The third-order valence-electron chi connectivity index (χ3n) is 3.79. The number of hydrogen-bond donors (Lipinski definition) is 1. The summed E-state index contributed by atoms with van der Waals surface area (Å²) in [5, 5.41) is 9.02. The largest absolute Gasteiger partial charge is 0.481 e. The van der Waals surface area contributed by atoms with Crippen molar-refractivity contribution in [2.24, 2.45) is 0 Å². The van der Waals surface area contributed by atoms with Gasteiger partial charge in [-0.3, -0.25) is 14.6 Å². The Labute approximate surface area is 105 Å². The third-order valence-corrected chi connectivity index (χ3v) is 3.79. The zero-order valence-electron chi connectivity index (χ0n) is 11.9. The van der Waals surface area contributed by atoms with Gasteiger partial charge in [-0.15, -0.1) is 0 Å². The van der Waals surface area contributed by atoms with Gasteiger partial charge in [-0.05, 0) is 41.7 Å². The number of carboxylic acids is 1. The Hall–Kier alpha value is -0.610. The fourth-order valence-electron chi connectivity index (χ4n) is 2.49. The van der Waals surface area contributed by atoms with Crippen LogP contribution in [0.1, 0.15) is 41.0 Å². The lowest BCUT2D eigenvalue weighted by atomic mass is 9.90. The predicted molar refractivity (Wildman–Crippen MR) is 69.2 cm³/mol. The molecule has 1 atom stereocenters. The maximum absolute atomic E-state index is 11.0. The lowest BCUT2D eigenvalue weighted by Crippen LogP contribution is -2.66. The number of carbonyl (C=O) groups is 1. The highest BCUT2D eigenvalue weighted by molar-refractivity contribution is 5.67. The second-order valence-electron chi connectivity index (χ2n) is 6.74. The highest BCUT2D eigenvalue weighted by atomic mass is 16.4. The SMILES string of the molecule is CN1CC(CC(=O)O)N(C(C)(C)C)CC1(C)C. The molecule has 17 heavy (non-hydrogen) atoms. The molecule has 4 nitrogen and oxygen atoms in total. The fourth-order valence-corrected chi connectivity index (χ4v) is 2.49. The second kappa shape index (κ2) is 4.58. The summed E-state index contributed by atoms with van der Waals surface area (Å²) in [7, 11) is 2.08. The zero-order chi connectivity index (χ0) is 13.4. The van der Waals surface area contributed by atoms with Crippen LogP contribution in [-0.2, 0) is 4.79 Å². The normalized spacial score (nSPS) is 27.1. The number of rotatable bonds is 2. The summed E-state index contributed by atoms with van der Waals surface area (Å²) in [6, 6.07) is 0.102. The summed E-state index contributed by atoms with van der Waals surface area (Å²) >= 11 is 0. The van der Waals surface area contributed by atoms with Crippen LogP contribution in [0.15, 0.2) is 0 Å². The van der Waals surface area contributed by atoms with Gasteiger partial charge >= 0.3 is 5.97 Å². The molecule has 0 saturated carbocycles. The van der Waals surface area contributed by atoms with E-state index in [4.69, 9.17) is 5.11 Å². The molecule has 0 aromatic carbocycles. The molecule has 4 heteroatoms. The van der Waals surface area contributed by atoms with Gasteiger partial charge in [-0.25, -0.2) is 0 Å². The van der Waals surface area contributed by atoms with Gasteiger partial charge in [0.05, 0.1) is 6.42 Å². The van der Waals surface area contributed by atoms with Crippen molar-refractivity contribution >= 4 is 5.97 Å². The van der Waals surface area contributed by atoms with Crippen LogP contribution < -0.4 is 0 Å². The Morgan fingerprint density at radius 2 is 1.94 bits per heavy atom. The average Bonchev–Trinajstić information content (AvgIpc) is 2.08. The first-order valence-electron chi connectivity index (χ1n) is 6.24. The molecule has 1 aliphatic rings. The van der Waals surface area contributed by atoms with E-state index >= 15 is 0 Å². The van der Waals surface area contributed by atoms with E-state index in [0.717, 1.165) is 13.1 Å². The Kier molecular flexibility index (Phi) is 3.89. The van der Waals surface area contributed by atoms with Crippen LogP contribution in [-0.4, -0.2) is 58.1 Å². The Morgan fingerprint density at radius 1 is 1.41 bits per heavy atom. The van der Waals surface area contributed by atoms with Crippen molar-refractivity contribution in [2.45, 2.75) is 58.2 Å². The molecule has 1 rings (SSSR count). The Balaban J connectivity index is 2.91.